The highest BCUT2D eigenvalue weighted by Gasteiger charge is 2.36. The van der Waals surface area contributed by atoms with Crippen LogP contribution in [0.3, 0.4) is 0 Å². The molecule has 1 fully saturated rings. The van der Waals surface area contributed by atoms with E-state index < -0.39 is 11.7 Å². The fraction of sp³-hybridized carbons (Fsp3) is 0.579. The molecule has 1 aromatic rings. The zero-order valence-corrected chi connectivity index (χ0v) is 15.5. The van der Waals surface area contributed by atoms with E-state index in [1.807, 2.05) is 58.0 Å². The number of likely N-dealkylation sites (tertiary alicyclic amines) is 1. The van der Waals surface area contributed by atoms with Gasteiger partial charge >= 0.3 is 12.2 Å². The second-order valence-electron chi connectivity index (χ2n) is 7.37. The van der Waals surface area contributed by atoms with Crippen LogP contribution in [0.2, 0.25) is 0 Å². The summed E-state index contributed by atoms with van der Waals surface area (Å²) in [6.07, 6.45) is 0.0642. The lowest BCUT2D eigenvalue weighted by Gasteiger charge is -2.23. The van der Waals surface area contributed by atoms with Crippen LogP contribution in [0, 0.1) is 5.92 Å². The van der Waals surface area contributed by atoms with Gasteiger partial charge in [0.15, 0.2) is 0 Å². The third kappa shape index (κ3) is 5.96. The van der Waals surface area contributed by atoms with E-state index in [-0.39, 0.29) is 24.7 Å². The highest BCUT2D eigenvalue weighted by molar-refractivity contribution is 5.70. The van der Waals surface area contributed by atoms with Crippen molar-refractivity contribution in [3.8, 4) is 0 Å². The molecule has 6 heteroatoms. The lowest BCUT2D eigenvalue weighted by molar-refractivity contribution is 0.0493. The monoisotopic (exact) mass is 348 g/mol. The topological polar surface area (TPSA) is 67.9 Å². The SMILES string of the molecule is CCC1CN(C(=O)OCc2ccccc2)CC1NC(=O)OC(C)(C)C. The van der Waals surface area contributed by atoms with Gasteiger partial charge in [0.25, 0.3) is 0 Å². The highest BCUT2D eigenvalue weighted by atomic mass is 16.6. The van der Waals surface area contributed by atoms with E-state index in [0.717, 1.165) is 12.0 Å². The summed E-state index contributed by atoms with van der Waals surface area (Å²) in [7, 11) is 0. The van der Waals surface area contributed by atoms with Crippen LogP contribution in [0.1, 0.15) is 39.7 Å². The number of carbonyl (C=O) groups excluding carboxylic acids is 2. The molecule has 1 aromatic carbocycles. The maximum atomic E-state index is 12.3. The maximum absolute atomic E-state index is 12.3. The average molecular weight is 348 g/mol. The van der Waals surface area contributed by atoms with Gasteiger partial charge < -0.3 is 19.7 Å². The number of benzene rings is 1. The molecule has 1 aliphatic heterocycles. The highest BCUT2D eigenvalue weighted by Crippen LogP contribution is 2.22. The van der Waals surface area contributed by atoms with E-state index in [0.29, 0.717) is 13.1 Å². The second-order valence-corrected chi connectivity index (χ2v) is 7.37. The molecule has 2 atom stereocenters. The zero-order valence-electron chi connectivity index (χ0n) is 15.5. The Morgan fingerprint density at radius 1 is 1.20 bits per heavy atom. The molecule has 2 unspecified atom stereocenters. The molecule has 2 amide bonds. The first-order valence-corrected chi connectivity index (χ1v) is 8.73. The van der Waals surface area contributed by atoms with Gasteiger partial charge in [-0.2, -0.15) is 0 Å². The Balaban J connectivity index is 1.87. The Labute approximate surface area is 149 Å². The first kappa shape index (κ1) is 19.1. The molecule has 0 aromatic heterocycles. The van der Waals surface area contributed by atoms with Gasteiger partial charge in [-0.25, -0.2) is 9.59 Å². The summed E-state index contributed by atoms with van der Waals surface area (Å²) in [5.41, 5.74) is 0.407. The minimum atomic E-state index is -0.543. The molecule has 0 spiro atoms. The lowest BCUT2D eigenvalue weighted by Crippen LogP contribution is -2.43. The summed E-state index contributed by atoms with van der Waals surface area (Å²) in [6, 6.07) is 9.45. The number of nitrogens with zero attached hydrogens (tertiary/aromatic N) is 1. The Bertz CT molecular complexity index is 583. The van der Waals surface area contributed by atoms with Gasteiger partial charge in [0.05, 0.1) is 6.04 Å². The number of ether oxygens (including phenoxy) is 2. The van der Waals surface area contributed by atoms with Crippen LogP contribution >= 0.6 is 0 Å². The van der Waals surface area contributed by atoms with Crippen molar-refractivity contribution in [3.05, 3.63) is 35.9 Å². The van der Waals surface area contributed by atoms with Crippen molar-refractivity contribution >= 4 is 12.2 Å². The van der Waals surface area contributed by atoms with Crippen molar-refractivity contribution in [1.29, 1.82) is 0 Å². The Kier molecular flexibility index (Phi) is 6.28. The zero-order chi connectivity index (χ0) is 18.4. The van der Waals surface area contributed by atoms with Crippen LogP contribution < -0.4 is 5.32 Å². The van der Waals surface area contributed by atoms with Gasteiger partial charge in [-0.1, -0.05) is 37.3 Å². The number of rotatable bonds is 4. The fourth-order valence-electron chi connectivity index (χ4n) is 2.87. The molecule has 1 heterocycles. The normalized spacial score (nSPS) is 20.2. The molecule has 0 radical (unpaired) electrons. The number of amides is 2. The number of hydrogen-bond donors (Lipinski definition) is 1. The van der Waals surface area contributed by atoms with Gasteiger partial charge in [-0.15, -0.1) is 0 Å². The minimum Gasteiger partial charge on any atom is -0.445 e. The van der Waals surface area contributed by atoms with E-state index in [4.69, 9.17) is 9.47 Å². The van der Waals surface area contributed by atoms with Crippen LogP contribution in [0.5, 0.6) is 0 Å². The molecule has 138 valence electrons. The van der Waals surface area contributed by atoms with E-state index in [1.54, 1.807) is 4.90 Å². The first-order valence-electron chi connectivity index (χ1n) is 8.73. The quantitative estimate of drug-likeness (QED) is 0.903. The first-order chi connectivity index (χ1) is 11.8. The van der Waals surface area contributed by atoms with Crippen LogP contribution in [-0.4, -0.2) is 41.8 Å². The van der Waals surface area contributed by atoms with Crippen LogP contribution in [0.25, 0.3) is 0 Å². The number of carbonyl (C=O) groups is 2. The Morgan fingerprint density at radius 3 is 2.48 bits per heavy atom. The van der Waals surface area contributed by atoms with Crippen LogP contribution in [0.4, 0.5) is 9.59 Å². The molecule has 1 saturated heterocycles. The van der Waals surface area contributed by atoms with Gasteiger partial charge in [0.1, 0.15) is 12.2 Å². The molecule has 6 nitrogen and oxygen atoms in total. The molecule has 1 aliphatic rings. The molecule has 0 bridgehead atoms. The largest absolute Gasteiger partial charge is 0.445 e. The summed E-state index contributed by atoms with van der Waals surface area (Å²) in [5.74, 6) is 0.191. The van der Waals surface area contributed by atoms with Crippen molar-refractivity contribution in [2.45, 2.75) is 52.4 Å². The van der Waals surface area contributed by atoms with Crippen LogP contribution in [-0.2, 0) is 16.1 Å². The number of hydrogen-bond acceptors (Lipinski definition) is 4. The molecule has 0 aliphatic carbocycles. The van der Waals surface area contributed by atoms with E-state index in [9.17, 15) is 9.59 Å². The second kappa shape index (κ2) is 8.23. The van der Waals surface area contributed by atoms with Gasteiger partial charge in [-0.3, -0.25) is 0 Å². The van der Waals surface area contributed by atoms with Crippen molar-refractivity contribution < 1.29 is 19.1 Å². The maximum Gasteiger partial charge on any atom is 0.410 e. The lowest BCUT2D eigenvalue weighted by atomic mass is 10.0. The fourth-order valence-corrected chi connectivity index (χ4v) is 2.87. The van der Waals surface area contributed by atoms with Crippen molar-refractivity contribution in [1.82, 2.24) is 10.2 Å². The minimum absolute atomic E-state index is 0.121. The summed E-state index contributed by atoms with van der Waals surface area (Å²) in [4.78, 5) is 25.9. The molecule has 1 N–H and O–H groups in total. The predicted octanol–water partition coefficient (Wildman–Crippen LogP) is 3.56. The summed E-state index contributed by atoms with van der Waals surface area (Å²) < 4.78 is 10.7. The average Bonchev–Trinajstić information content (AvgIpc) is 2.94. The van der Waals surface area contributed by atoms with Crippen LogP contribution in [0.15, 0.2) is 30.3 Å². The van der Waals surface area contributed by atoms with Crippen molar-refractivity contribution in [2.75, 3.05) is 13.1 Å². The summed E-state index contributed by atoms with van der Waals surface area (Å²) in [6.45, 7) is 8.78. The standard InChI is InChI=1S/C19H28N2O4/c1-5-15-11-21(12-16(15)20-17(22)25-19(2,3)4)18(23)24-13-14-9-7-6-8-10-14/h6-10,15-16H,5,11-13H2,1-4H3,(H,20,22). The summed E-state index contributed by atoms with van der Waals surface area (Å²) >= 11 is 0. The summed E-state index contributed by atoms with van der Waals surface area (Å²) in [5, 5.41) is 2.88. The molecular formula is C19H28N2O4. The van der Waals surface area contributed by atoms with E-state index in [2.05, 4.69) is 5.32 Å². The third-order valence-electron chi connectivity index (χ3n) is 4.13. The predicted molar refractivity (Wildman–Crippen MR) is 95.1 cm³/mol. The Morgan fingerprint density at radius 2 is 1.88 bits per heavy atom. The third-order valence-corrected chi connectivity index (χ3v) is 4.13. The molecule has 0 saturated carbocycles. The van der Waals surface area contributed by atoms with Gasteiger partial charge in [0.2, 0.25) is 0 Å². The van der Waals surface area contributed by atoms with E-state index in [1.165, 1.54) is 0 Å². The number of alkyl carbamates (subject to hydrolysis) is 1. The van der Waals surface area contributed by atoms with E-state index >= 15 is 0 Å². The van der Waals surface area contributed by atoms with Gasteiger partial charge in [0, 0.05) is 13.1 Å². The number of nitrogens with one attached hydrogen (secondary N) is 1. The molecule has 25 heavy (non-hydrogen) atoms. The Hall–Kier alpha value is -2.24. The van der Waals surface area contributed by atoms with Crippen molar-refractivity contribution in [3.63, 3.8) is 0 Å². The molecule has 2 rings (SSSR count). The van der Waals surface area contributed by atoms with Gasteiger partial charge in [-0.05, 0) is 38.7 Å². The smallest absolute Gasteiger partial charge is 0.410 e. The van der Waals surface area contributed by atoms with Crippen molar-refractivity contribution in [2.24, 2.45) is 5.92 Å². The molecular weight excluding hydrogens is 320 g/mol.